The van der Waals surface area contributed by atoms with Crippen molar-refractivity contribution in [3.05, 3.63) is 120 Å². The van der Waals surface area contributed by atoms with Crippen molar-refractivity contribution in [1.82, 2.24) is 0 Å². The largest absolute Gasteiger partial charge is 0.507 e. The molecule has 6 N–H and O–H groups in total. The molecule has 10 nitrogen and oxygen atoms in total. The van der Waals surface area contributed by atoms with Crippen LogP contribution < -0.4 is 11.1 Å². The highest BCUT2D eigenvalue weighted by atomic mass is 35.5. The molecule has 0 fully saturated rings. The number of nitro groups is 1. The molecule has 0 atom stereocenters. The Morgan fingerprint density at radius 2 is 1.37 bits per heavy atom. The average molecular weight is 641 g/mol. The number of carbonyl (C=O) groups excluding carboxylic acids is 1. The first-order valence-corrected chi connectivity index (χ1v) is 12.7. The Bertz CT molecular complexity index is 1600. The number of nitrogens with one attached hydrogen (secondary N) is 1. The van der Waals surface area contributed by atoms with Gasteiger partial charge >= 0.3 is 5.97 Å². The standard InChI is InChI=1S/C14H11Cl2NO2.C7H5ClO3.C6H5ClN2O2/c1-8-2-4-12(11(16)6-8)17-14(19)10-7-9(15)3-5-13(10)18;8-4-1-2-6(9)5(3-4)7(10)11;7-5-3-4(9(10)11)1-2-6(5)8/h2-7,18H,1H3,(H,17,19);1-3,9H,(H,10,11);1-3H,8H2. The maximum absolute atomic E-state index is 12.0. The quantitative estimate of drug-likeness (QED) is 0.0851. The molecule has 0 spiro atoms. The van der Waals surface area contributed by atoms with Crippen molar-refractivity contribution >= 4 is 75.3 Å². The van der Waals surface area contributed by atoms with Gasteiger partial charge in [0.1, 0.15) is 17.1 Å². The van der Waals surface area contributed by atoms with Gasteiger partial charge in [0.2, 0.25) is 0 Å². The summed E-state index contributed by atoms with van der Waals surface area (Å²) in [5, 5.41) is 41.2. The fourth-order valence-electron chi connectivity index (χ4n) is 2.91. The predicted molar refractivity (Wildman–Crippen MR) is 160 cm³/mol. The summed E-state index contributed by atoms with van der Waals surface area (Å²) in [4.78, 5) is 32.0. The SMILES string of the molecule is Cc1ccc(NC(=O)c2cc(Cl)ccc2O)c(Cl)c1.Nc1ccc([N+](=O)[O-])cc1Cl.O=C(O)c1cc(Cl)ccc1O. The molecule has 0 heterocycles. The minimum atomic E-state index is -1.19. The van der Waals surface area contributed by atoms with Crippen LogP contribution in [0.4, 0.5) is 17.1 Å². The van der Waals surface area contributed by atoms with E-state index in [1.165, 1.54) is 54.6 Å². The predicted octanol–water partition coefficient (Wildman–Crippen LogP) is 7.83. The summed E-state index contributed by atoms with van der Waals surface area (Å²) in [5.41, 5.74) is 7.02. The summed E-state index contributed by atoms with van der Waals surface area (Å²) >= 11 is 22.8. The van der Waals surface area contributed by atoms with Crippen molar-refractivity contribution in [2.45, 2.75) is 6.92 Å². The Balaban J connectivity index is 0.000000230. The number of benzene rings is 4. The third-order valence-electron chi connectivity index (χ3n) is 4.96. The summed E-state index contributed by atoms with van der Waals surface area (Å²) in [7, 11) is 0. The Hall–Kier alpha value is -4.22. The normalized spacial score (nSPS) is 9.88. The number of non-ortho nitro benzene ring substituents is 1. The van der Waals surface area contributed by atoms with E-state index >= 15 is 0 Å². The number of hydrogen-bond acceptors (Lipinski definition) is 7. The van der Waals surface area contributed by atoms with Crippen molar-refractivity contribution in [1.29, 1.82) is 0 Å². The molecule has 1 amide bonds. The molecule has 0 saturated carbocycles. The highest BCUT2D eigenvalue weighted by Crippen LogP contribution is 2.27. The average Bonchev–Trinajstić information content (AvgIpc) is 2.90. The lowest BCUT2D eigenvalue weighted by Crippen LogP contribution is -2.12. The molecular formula is C27H21Cl4N3O7. The van der Waals surface area contributed by atoms with Gasteiger partial charge in [0, 0.05) is 22.2 Å². The zero-order valence-corrected chi connectivity index (χ0v) is 24.0. The molecule has 14 heteroatoms. The van der Waals surface area contributed by atoms with Gasteiger partial charge in [0.05, 0.1) is 31.9 Å². The molecule has 0 radical (unpaired) electrons. The number of amides is 1. The van der Waals surface area contributed by atoms with Crippen molar-refractivity contribution in [3.8, 4) is 11.5 Å². The van der Waals surface area contributed by atoms with E-state index in [0.717, 1.165) is 5.56 Å². The van der Waals surface area contributed by atoms with Crippen molar-refractivity contribution in [2.75, 3.05) is 11.1 Å². The first-order valence-electron chi connectivity index (χ1n) is 11.2. The summed E-state index contributed by atoms with van der Waals surface area (Å²) in [6, 6.07) is 17.3. The Labute approximate surface area is 253 Å². The van der Waals surface area contributed by atoms with E-state index in [-0.39, 0.29) is 33.3 Å². The third kappa shape index (κ3) is 10.0. The highest BCUT2D eigenvalue weighted by molar-refractivity contribution is 6.34. The minimum Gasteiger partial charge on any atom is -0.507 e. The molecular weight excluding hydrogens is 620 g/mol. The van der Waals surface area contributed by atoms with Crippen molar-refractivity contribution in [3.63, 3.8) is 0 Å². The van der Waals surface area contributed by atoms with Crippen LogP contribution in [0.2, 0.25) is 20.1 Å². The number of aryl methyl sites for hydroxylation is 1. The zero-order chi connectivity index (χ0) is 30.9. The van der Waals surface area contributed by atoms with Gasteiger partial charge in [0.25, 0.3) is 11.6 Å². The number of aromatic hydroxyl groups is 2. The van der Waals surface area contributed by atoms with Crippen LogP contribution in [0.3, 0.4) is 0 Å². The van der Waals surface area contributed by atoms with Crippen LogP contribution >= 0.6 is 46.4 Å². The summed E-state index contributed by atoms with van der Waals surface area (Å²) in [6.45, 7) is 1.90. The maximum atomic E-state index is 12.0. The summed E-state index contributed by atoms with van der Waals surface area (Å²) in [5.74, 6) is -2.07. The van der Waals surface area contributed by atoms with Crippen LogP contribution in [-0.2, 0) is 0 Å². The molecule has 0 bridgehead atoms. The van der Waals surface area contributed by atoms with Crippen LogP contribution in [0.15, 0.2) is 72.8 Å². The molecule has 214 valence electrons. The van der Waals surface area contributed by atoms with E-state index in [1.807, 2.05) is 13.0 Å². The lowest BCUT2D eigenvalue weighted by molar-refractivity contribution is -0.384. The van der Waals surface area contributed by atoms with Crippen molar-refractivity contribution < 1.29 is 29.8 Å². The molecule has 4 rings (SSSR count). The number of carboxylic acid groups (broad SMARTS) is 1. The van der Waals surface area contributed by atoms with Gasteiger partial charge in [0.15, 0.2) is 0 Å². The van der Waals surface area contributed by atoms with Gasteiger partial charge in [-0.3, -0.25) is 14.9 Å². The number of phenols is 2. The Kier molecular flexibility index (Phi) is 12.0. The number of nitrogens with two attached hydrogens (primary N) is 1. The zero-order valence-electron chi connectivity index (χ0n) is 20.9. The second-order valence-corrected chi connectivity index (χ2v) is 9.72. The maximum Gasteiger partial charge on any atom is 0.339 e. The van der Waals surface area contributed by atoms with Crippen LogP contribution in [0.1, 0.15) is 26.3 Å². The van der Waals surface area contributed by atoms with E-state index in [9.17, 15) is 24.8 Å². The van der Waals surface area contributed by atoms with Crippen LogP contribution in [-0.4, -0.2) is 32.1 Å². The van der Waals surface area contributed by atoms with Crippen molar-refractivity contribution in [2.24, 2.45) is 0 Å². The highest BCUT2D eigenvalue weighted by Gasteiger charge is 2.13. The summed E-state index contributed by atoms with van der Waals surface area (Å²) in [6.07, 6.45) is 0. The number of rotatable bonds is 4. The fraction of sp³-hybridized carbons (Fsp3) is 0.0370. The lowest BCUT2D eigenvalue weighted by atomic mass is 10.1. The van der Waals surface area contributed by atoms with Gasteiger partial charge in [-0.2, -0.15) is 0 Å². The molecule has 41 heavy (non-hydrogen) atoms. The number of nitrogens with zero attached hydrogens (tertiary/aromatic N) is 1. The summed E-state index contributed by atoms with van der Waals surface area (Å²) < 4.78 is 0. The van der Waals surface area contributed by atoms with E-state index < -0.39 is 16.8 Å². The molecule has 4 aromatic rings. The number of carboxylic acids is 1. The number of phenolic OH excluding ortho intramolecular Hbond substituents is 1. The molecule has 0 unspecified atom stereocenters. The topological polar surface area (TPSA) is 176 Å². The second-order valence-electron chi connectivity index (χ2n) is 8.03. The number of halogens is 4. The molecule has 0 saturated heterocycles. The lowest BCUT2D eigenvalue weighted by Gasteiger charge is -2.09. The molecule has 0 aliphatic heterocycles. The third-order valence-corrected chi connectivity index (χ3v) is 6.07. The smallest absolute Gasteiger partial charge is 0.339 e. The van der Waals surface area contributed by atoms with E-state index in [1.54, 1.807) is 12.1 Å². The van der Waals surface area contributed by atoms with Crippen LogP contribution in [0.25, 0.3) is 0 Å². The number of nitrogen functional groups attached to an aromatic ring is 1. The number of carbonyl (C=O) groups is 2. The van der Waals surface area contributed by atoms with Gasteiger partial charge < -0.3 is 26.4 Å². The molecule has 0 aromatic heterocycles. The fourth-order valence-corrected chi connectivity index (χ4v) is 3.71. The molecule has 0 aliphatic carbocycles. The minimum absolute atomic E-state index is 0.0517. The monoisotopic (exact) mass is 639 g/mol. The van der Waals surface area contributed by atoms with E-state index in [0.29, 0.717) is 26.4 Å². The van der Waals surface area contributed by atoms with Gasteiger partial charge in [-0.1, -0.05) is 52.5 Å². The molecule has 4 aromatic carbocycles. The van der Waals surface area contributed by atoms with E-state index in [4.69, 9.17) is 62.4 Å². The number of anilines is 2. The molecule has 0 aliphatic rings. The van der Waals surface area contributed by atoms with Crippen LogP contribution in [0.5, 0.6) is 11.5 Å². The van der Waals surface area contributed by atoms with Gasteiger partial charge in [-0.05, 0) is 67.1 Å². The Morgan fingerprint density at radius 1 is 0.805 bits per heavy atom. The van der Waals surface area contributed by atoms with E-state index in [2.05, 4.69) is 5.32 Å². The van der Waals surface area contributed by atoms with Gasteiger partial charge in [-0.15, -0.1) is 0 Å². The Morgan fingerprint density at radius 3 is 1.85 bits per heavy atom. The number of aromatic carboxylic acids is 1. The number of hydrogen-bond donors (Lipinski definition) is 5. The number of nitro benzene ring substituents is 1. The van der Waals surface area contributed by atoms with Gasteiger partial charge in [-0.25, -0.2) is 4.79 Å². The first-order chi connectivity index (χ1) is 19.2. The van der Waals surface area contributed by atoms with Crippen LogP contribution in [0, 0.1) is 17.0 Å². The second kappa shape index (κ2) is 15.0. The first kappa shape index (κ1) is 33.0.